The molecule has 0 bridgehead atoms. The van der Waals surface area contributed by atoms with E-state index in [4.69, 9.17) is 15.9 Å². The first-order chi connectivity index (χ1) is 14.5. The van der Waals surface area contributed by atoms with Gasteiger partial charge in [0.05, 0.1) is 33.2 Å². The standard InChI is InChI=1S/C24H41N4O2/c1-3-4-5-6-7-8-15-27(16-19-28(2,17-13-25)18-14-26)22-11-9-21-10-12-24(29)30-23(21)20-22/h9-12,20H,3-8,13-19,25-26H2,1-2H3/q+1. The Morgan fingerprint density at radius 2 is 1.57 bits per heavy atom. The number of anilines is 1. The number of hydrogen-bond acceptors (Lipinski definition) is 5. The molecule has 2 rings (SSSR count). The van der Waals surface area contributed by atoms with Crippen molar-refractivity contribution in [1.82, 2.24) is 0 Å². The van der Waals surface area contributed by atoms with Crippen LogP contribution in [0, 0.1) is 0 Å². The molecule has 0 atom stereocenters. The molecule has 6 heteroatoms. The van der Waals surface area contributed by atoms with Gasteiger partial charge in [-0.05, 0) is 24.6 Å². The van der Waals surface area contributed by atoms with E-state index in [9.17, 15) is 4.79 Å². The highest BCUT2D eigenvalue weighted by molar-refractivity contribution is 5.80. The van der Waals surface area contributed by atoms with Gasteiger partial charge in [-0.15, -0.1) is 0 Å². The van der Waals surface area contributed by atoms with E-state index in [2.05, 4.69) is 24.9 Å². The summed E-state index contributed by atoms with van der Waals surface area (Å²) in [6, 6.07) is 9.47. The van der Waals surface area contributed by atoms with Gasteiger partial charge in [0.15, 0.2) is 0 Å². The van der Waals surface area contributed by atoms with Crippen molar-refractivity contribution in [3.05, 3.63) is 40.8 Å². The smallest absolute Gasteiger partial charge is 0.336 e. The monoisotopic (exact) mass is 417 g/mol. The van der Waals surface area contributed by atoms with Gasteiger partial charge in [0.25, 0.3) is 0 Å². The van der Waals surface area contributed by atoms with Gasteiger partial charge < -0.3 is 25.3 Å². The summed E-state index contributed by atoms with van der Waals surface area (Å²) in [4.78, 5) is 14.1. The van der Waals surface area contributed by atoms with E-state index >= 15 is 0 Å². The molecule has 168 valence electrons. The molecule has 30 heavy (non-hydrogen) atoms. The summed E-state index contributed by atoms with van der Waals surface area (Å²) in [5, 5.41) is 0.949. The average molecular weight is 418 g/mol. The molecular weight excluding hydrogens is 376 g/mol. The number of benzene rings is 1. The largest absolute Gasteiger partial charge is 0.423 e. The molecule has 0 amide bonds. The number of hydrogen-bond donors (Lipinski definition) is 2. The Bertz CT molecular complexity index is 799. The molecule has 6 nitrogen and oxygen atoms in total. The fraction of sp³-hybridized carbons (Fsp3) is 0.625. The van der Waals surface area contributed by atoms with Gasteiger partial charge in [-0.2, -0.15) is 0 Å². The van der Waals surface area contributed by atoms with Gasteiger partial charge in [0, 0.05) is 42.8 Å². The lowest BCUT2D eigenvalue weighted by Gasteiger charge is -2.36. The topological polar surface area (TPSA) is 85.5 Å². The highest BCUT2D eigenvalue weighted by atomic mass is 16.4. The second-order valence-electron chi connectivity index (χ2n) is 8.60. The van der Waals surface area contributed by atoms with E-state index in [-0.39, 0.29) is 5.63 Å². The van der Waals surface area contributed by atoms with Gasteiger partial charge in [-0.25, -0.2) is 4.79 Å². The molecule has 0 saturated carbocycles. The summed E-state index contributed by atoms with van der Waals surface area (Å²) in [7, 11) is 2.24. The Hall–Kier alpha value is -1.89. The molecule has 0 spiro atoms. The molecule has 4 N–H and O–H groups in total. The Kier molecular flexibility index (Phi) is 10.3. The van der Waals surface area contributed by atoms with E-state index in [0.29, 0.717) is 18.7 Å². The number of quaternary nitrogens is 1. The van der Waals surface area contributed by atoms with Crippen LogP contribution in [0.4, 0.5) is 5.69 Å². The average Bonchev–Trinajstić information content (AvgIpc) is 2.72. The lowest BCUT2D eigenvalue weighted by Crippen LogP contribution is -2.53. The zero-order valence-electron chi connectivity index (χ0n) is 18.9. The minimum Gasteiger partial charge on any atom is -0.423 e. The molecule has 0 unspecified atom stereocenters. The summed E-state index contributed by atoms with van der Waals surface area (Å²) in [5.41, 5.74) is 13.2. The quantitative estimate of drug-likeness (QED) is 0.264. The van der Waals surface area contributed by atoms with Gasteiger partial charge in [-0.1, -0.05) is 39.0 Å². The number of fused-ring (bicyclic) bond motifs is 1. The third-order valence-corrected chi connectivity index (χ3v) is 6.00. The Labute approximate surface area is 181 Å². The van der Waals surface area contributed by atoms with Crippen LogP contribution in [0.25, 0.3) is 11.0 Å². The van der Waals surface area contributed by atoms with Crippen molar-refractivity contribution in [1.29, 1.82) is 0 Å². The van der Waals surface area contributed by atoms with Gasteiger partial charge in [0.2, 0.25) is 0 Å². The Morgan fingerprint density at radius 1 is 0.900 bits per heavy atom. The minimum atomic E-state index is -0.308. The van der Waals surface area contributed by atoms with Gasteiger partial charge in [0.1, 0.15) is 5.58 Å². The Morgan fingerprint density at radius 3 is 2.27 bits per heavy atom. The molecule has 0 aliphatic carbocycles. The second kappa shape index (κ2) is 12.7. The maximum absolute atomic E-state index is 11.7. The maximum Gasteiger partial charge on any atom is 0.336 e. The van der Waals surface area contributed by atoms with Crippen molar-refractivity contribution < 1.29 is 8.90 Å². The number of likely N-dealkylation sites (N-methyl/N-ethyl adjacent to an activating group) is 1. The first-order valence-electron chi connectivity index (χ1n) is 11.5. The van der Waals surface area contributed by atoms with E-state index in [1.165, 1.54) is 38.2 Å². The summed E-state index contributed by atoms with van der Waals surface area (Å²) in [6.07, 6.45) is 7.62. The maximum atomic E-state index is 11.7. The number of nitrogens with zero attached hydrogens (tertiary/aromatic N) is 2. The SMILES string of the molecule is CCCCCCCCN(CC[N+](C)(CCN)CCN)c1ccc2ccc(=O)oc2c1. The van der Waals surface area contributed by atoms with Crippen LogP contribution in [-0.4, -0.2) is 57.3 Å². The van der Waals surface area contributed by atoms with Crippen LogP contribution in [-0.2, 0) is 0 Å². The molecule has 0 fully saturated rings. The zero-order chi connectivity index (χ0) is 21.8. The normalized spacial score (nSPS) is 11.9. The third kappa shape index (κ3) is 7.74. The summed E-state index contributed by atoms with van der Waals surface area (Å²) in [5.74, 6) is 0. The highest BCUT2D eigenvalue weighted by Gasteiger charge is 2.21. The minimum absolute atomic E-state index is 0.308. The van der Waals surface area contributed by atoms with Crippen molar-refractivity contribution in [2.75, 3.05) is 57.8 Å². The van der Waals surface area contributed by atoms with Crippen molar-refractivity contribution in [2.45, 2.75) is 45.4 Å². The molecule has 0 aliphatic rings. The van der Waals surface area contributed by atoms with Crippen LogP contribution in [0.5, 0.6) is 0 Å². The number of unbranched alkanes of at least 4 members (excludes halogenated alkanes) is 5. The van der Waals surface area contributed by atoms with E-state index in [0.717, 1.165) is 54.7 Å². The van der Waals surface area contributed by atoms with E-state index in [1.807, 2.05) is 18.2 Å². The van der Waals surface area contributed by atoms with Crippen molar-refractivity contribution in [3.8, 4) is 0 Å². The molecular formula is C24H41N4O2+. The first kappa shape index (κ1) is 24.4. The van der Waals surface area contributed by atoms with Crippen LogP contribution < -0.4 is 22.0 Å². The molecule has 0 radical (unpaired) electrons. The lowest BCUT2D eigenvalue weighted by molar-refractivity contribution is -0.905. The van der Waals surface area contributed by atoms with Crippen LogP contribution in [0.1, 0.15) is 45.4 Å². The van der Waals surface area contributed by atoms with Crippen LogP contribution >= 0.6 is 0 Å². The molecule has 0 saturated heterocycles. The summed E-state index contributed by atoms with van der Waals surface area (Å²) < 4.78 is 6.30. The molecule has 0 aliphatic heterocycles. The lowest BCUT2D eigenvalue weighted by atomic mass is 10.1. The predicted molar refractivity (Wildman–Crippen MR) is 127 cm³/mol. The molecule has 1 aromatic carbocycles. The fourth-order valence-electron chi connectivity index (χ4n) is 4.02. The summed E-state index contributed by atoms with van der Waals surface area (Å²) in [6.45, 7) is 8.33. The van der Waals surface area contributed by atoms with Crippen LogP contribution in [0.2, 0.25) is 0 Å². The highest BCUT2D eigenvalue weighted by Crippen LogP contribution is 2.22. The second-order valence-corrected chi connectivity index (χ2v) is 8.60. The van der Waals surface area contributed by atoms with Crippen molar-refractivity contribution in [3.63, 3.8) is 0 Å². The van der Waals surface area contributed by atoms with E-state index in [1.54, 1.807) is 0 Å². The van der Waals surface area contributed by atoms with Crippen molar-refractivity contribution in [2.24, 2.45) is 11.5 Å². The Balaban J connectivity index is 2.12. The number of nitrogens with two attached hydrogens (primary N) is 2. The fourth-order valence-corrected chi connectivity index (χ4v) is 4.02. The summed E-state index contributed by atoms with van der Waals surface area (Å²) >= 11 is 0. The molecule has 1 heterocycles. The van der Waals surface area contributed by atoms with Gasteiger partial charge in [-0.3, -0.25) is 0 Å². The first-order valence-corrected chi connectivity index (χ1v) is 11.5. The zero-order valence-corrected chi connectivity index (χ0v) is 18.9. The van der Waals surface area contributed by atoms with Crippen molar-refractivity contribution >= 4 is 16.7 Å². The van der Waals surface area contributed by atoms with Gasteiger partial charge >= 0.3 is 5.63 Å². The van der Waals surface area contributed by atoms with Crippen LogP contribution in [0.3, 0.4) is 0 Å². The molecule has 2 aromatic rings. The van der Waals surface area contributed by atoms with E-state index < -0.39 is 0 Å². The molecule has 1 aromatic heterocycles. The third-order valence-electron chi connectivity index (χ3n) is 6.00. The predicted octanol–water partition coefficient (Wildman–Crippen LogP) is 3.32. The number of rotatable bonds is 15. The van der Waals surface area contributed by atoms with Crippen LogP contribution in [0.15, 0.2) is 39.5 Å².